The first-order chi connectivity index (χ1) is 15.6. The van der Waals surface area contributed by atoms with Crippen molar-refractivity contribution in [2.75, 3.05) is 20.1 Å². The van der Waals surface area contributed by atoms with Crippen LogP contribution in [0.15, 0.2) is 62.6 Å². The van der Waals surface area contributed by atoms with Gasteiger partial charge in [-0.25, -0.2) is 13.2 Å². The lowest BCUT2D eigenvalue weighted by atomic mass is 9.94. The van der Waals surface area contributed by atoms with Gasteiger partial charge in [0.15, 0.2) is 5.58 Å². The van der Waals surface area contributed by atoms with Gasteiger partial charge in [-0.1, -0.05) is 44.2 Å². The summed E-state index contributed by atoms with van der Waals surface area (Å²) in [5.74, 6) is -0.381. The van der Waals surface area contributed by atoms with Gasteiger partial charge in [0, 0.05) is 32.7 Å². The molecule has 0 saturated carbocycles. The van der Waals surface area contributed by atoms with E-state index < -0.39 is 15.8 Å². The zero-order valence-corrected chi connectivity index (χ0v) is 19.9. The summed E-state index contributed by atoms with van der Waals surface area (Å²) in [5.41, 5.74) is 1.52. The zero-order chi connectivity index (χ0) is 23.8. The molecule has 0 unspecified atom stereocenters. The zero-order valence-electron chi connectivity index (χ0n) is 19.1. The Bertz CT molecular complexity index is 1300. The molecule has 0 N–H and O–H groups in total. The van der Waals surface area contributed by atoms with Crippen LogP contribution >= 0.6 is 0 Å². The number of benzene rings is 2. The lowest BCUT2D eigenvalue weighted by molar-refractivity contribution is -0.131. The van der Waals surface area contributed by atoms with Crippen LogP contribution in [0, 0.1) is 11.8 Å². The highest BCUT2D eigenvalue weighted by Crippen LogP contribution is 2.28. The highest BCUT2D eigenvalue weighted by atomic mass is 32.2. The third kappa shape index (κ3) is 4.89. The summed E-state index contributed by atoms with van der Waals surface area (Å²) in [4.78, 5) is 26.8. The van der Waals surface area contributed by atoms with Crippen LogP contribution in [0.3, 0.4) is 0 Å². The highest BCUT2D eigenvalue weighted by molar-refractivity contribution is 7.89. The standard InChI is InChI=1S/C24H29N3O5S/c1-17-11-18(2)14-26(13-17)33(30,31)20-9-10-21-22(12-20)32-24(29)27(21)16-23(28)25(3)15-19-7-5-4-6-8-19/h4-10,12,17-18H,11,13-16H2,1-3H3/t17-,18-/m1/s1. The molecule has 4 rings (SSSR count). The van der Waals surface area contributed by atoms with E-state index in [1.807, 2.05) is 44.2 Å². The van der Waals surface area contributed by atoms with Gasteiger partial charge in [0.25, 0.3) is 0 Å². The Balaban J connectivity index is 1.56. The lowest BCUT2D eigenvalue weighted by Crippen LogP contribution is -2.42. The molecule has 0 bridgehead atoms. The van der Waals surface area contributed by atoms with Gasteiger partial charge in [-0.2, -0.15) is 4.31 Å². The van der Waals surface area contributed by atoms with Crippen molar-refractivity contribution >= 4 is 27.0 Å². The molecule has 2 aromatic carbocycles. The van der Waals surface area contributed by atoms with Gasteiger partial charge in [0.1, 0.15) is 6.54 Å². The van der Waals surface area contributed by atoms with E-state index in [9.17, 15) is 18.0 Å². The summed E-state index contributed by atoms with van der Waals surface area (Å²) in [6.45, 7) is 5.26. The number of likely N-dealkylation sites (N-methyl/N-ethyl adjacent to an activating group) is 1. The average Bonchev–Trinajstić information content (AvgIpc) is 3.08. The monoisotopic (exact) mass is 471 g/mol. The molecule has 2 heterocycles. The number of rotatable bonds is 6. The number of nitrogens with zero attached hydrogens (tertiary/aromatic N) is 3. The lowest BCUT2D eigenvalue weighted by Gasteiger charge is -2.34. The quantitative estimate of drug-likeness (QED) is 0.551. The third-order valence-corrected chi connectivity index (χ3v) is 7.92. The Labute approximate surface area is 193 Å². The van der Waals surface area contributed by atoms with Gasteiger partial charge in [-0.15, -0.1) is 0 Å². The maximum absolute atomic E-state index is 13.2. The first-order valence-corrected chi connectivity index (χ1v) is 12.5. The number of carbonyl (C=O) groups excluding carboxylic acids is 1. The van der Waals surface area contributed by atoms with E-state index in [1.54, 1.807) is 7.05 Å². The second-order valence-corrected chi connectivity index (χ2v) is 11.0. The molecule has 0 aliphatic carbocycles. The topological polar surface area (TPSA) is 92.8 Å². The molecule has 176 valence electrons. The Kier molecular flexibility index (Phi) is 6.45. The van der Waals surface area contributed by atoms with Crippen molar-refractivity contribution in [1.82, 2.24) is 13.8 Å². The minimum absolute atomic E-state index is 0.0877. The van der Waals surface area contributed by atoms with Crippen molar-refractivity contribution in [2.45, 2.75) is 38.3 Å². The van der Waals surface area contributed by atoms with Crippen LogP contribution in [-0.2, 0) is 27.9 Å². The molecule has 3 aromatic rings. The molecular formula is C24H29N3O5S. The van der Waals surface area contributed by atoms with Crippen LogP contribution in [0.4, 0.5) is 0 Å². The molecule has 0 radical (unpaired) electrons. The average molecular weight is 472 g/mol. The second-order valence-electron chi connectivity index (χ2n) is 9.09. The number of hydrogen-bond acceptors (Lipinski definition) is 5. The number of hydrogen-bond donors (Lipinski definition) is 0. The first kappa shape index (κ1) is 23.3. The fourth-order valence-electron chi connectivity index (χ4n) is 4.51. The SMILES string of the molecule is C[C@@H]1C[C@@H](C)CN(S(=O)(=O)c2ccc3c(c2)oc(=O)n3CC(=O)N(C)Cc2ccccc2)C1. The van der Waals surface area contributed by atoms with Gasteiger partial charge in [0.05, 0.1) is 10.4 Å². The normalized spacial score (nSPS) is 19.6. The number of aromatic nitrogens is 1. The van der Waals surface area contributed by atoms with E-state index in [2.05, 4.69) is 0 Å². The Morgan fingerprint density at radius 2 is 1.76 bits per heavy atom. The van der Waals surface area contributed by atoms with Crippen LogP contribution in [0.25, 0.3) is 11.1 Å². The molecular weight excluding hydrogens is 442 g/mol. The third-order valence-electron chi connectivity index (χ3n) is 6.09. The van der Waals surface area contributed by atoms with Gasteiger partial charge in [0.2, 0.25) is 15.9 Å². The number of carbonyl (C=O) groups is 1. The molecule has 9 heteroatoms. The van der Waals surface area contributed by atoms with Crippen LogP contribution in [0.1, 0.15) is 25.8 Å². The summed E-state index contributed by atoms with van der Waals surface area (Å²) in [5, 5.41) is 0. The molecule has 33 heavy (non-hydrogen) atoms. The van der Waals surface area contributed by atoms with Gasteiger partial charge < -0.3 is 9.32 Å². The van der Waals surface area contributed by atoms with Crippen molar-refractivity contribution in [3.05, 3.63) is 64.6 Å². The highest BCUT2D eigenvalue weighted by Gasteiger charge is 2.32. The minimum Gasteiger partial charge on any atom is -0.408 e. The first-order valence-electron chi connectivity index (χ1n) is 11.1. The fourth-order valence-corrected chi connectivity index (χ4v) is 6.20. The second kappa shape index (κ2) is 9.15. The van der Waals surface area contributed by atoms with E-state index in [0.29, 0.717) is 25.2 Å². The van der Waals surface area contributed by atoms with Gasteiger partial charge in [-0.05, 0) is 36.0 Å². The Hall–Kier alpha value is -2.91. The summed E-state index contributed by atoms with van der Waals surface area (Å²) in [6, 6.07) is 14.0. The van der Waals surface area contributed by atoms with Crippen LogP contribution < -0.4 is 5.76 Å². The molecule has 1 aliphatic rings. The summed E-state index contributed by atoms with van der Waals surface area (Å²) >= 11 is 0. The van der Waals surface area contributed by atoms with Gasteiger partial charge >= 0.3 is 5.76 Å². The number of sulfonamides is 1. The van der Waals surface area contributed by atoms with Crippen molar-refractivity contribution in [2.24, 2.45) is 11.8 Å². The number of amides is 1. The van der Waals surface area contributed by atoms with Crippen molar-refractivity contribution in [3.8, 4) is 0 Å². The summed E-state index contributed by atoms with van der Waals surface area (Å²) < 4.78 is 34.4. The minimum atomic E-state index is -3.71. The van der Waals surface area contributed by atoms with Crippen LogP contribution in [0.2, 0.25) is 0 Å². The molecule has 8 nitrogen and oxygen atoms in total. The van der Waals surface area contributed by atoms with Crippen molar-refractivity contribution in [1.29, 1.82) is 0 Å². The number of fused-ring (bicyclic) bond motifs is 1. The number of oxazole rings is 1. The molecule has 1 amide bonds. The molecule has 1 aliphatic heterocycles. The molecule has 1 saturated heterocycles. The largest absolute Gasteiger partial charge is 0.420 e. The van der Waals surface area contributed by atoms with Crippen molar-refractivity contribution < 1.29 is 17.6 Å². The van der Waals surface area contributed by atoms with E-state index in [1.165, 1.54) is 32.0 Å². The van der Waals surface area contributed by atoms with E-state index in [0.717, 1.165) is 12.0 Å². The van der Waals surface area contributed by atoms with E-state index in [4.69, 9.17) is 4.42 Å². The summed E-state index contributed by atoms with van der Waals surface area (Å²) in [6.07, 6.45) is 0.996. The number of piperidine rings is 1. The maximum atomic E-state index is 13.2. The molecule has 1 fully saturated rings. The van der Waals surface area contributed by atoms with Crippen molar-refractivity contribution in [3.63, 3.8) is 0 Å². The summed E-state index contributed by atoms with van der Waals surface area (Å²) in [7, 11) is -2.03. The van der Waals surface area contributed by atoms with Crippen LogP contribution in [-0.4, -0.2) is 48.2 Å². The maximum Gasteiger partial charge on any atom is 0.420 e. The smallest absolute Gasteiger partial charge is 0.408 e. The van der Waals surface area contributed by atoms with E-state index in [-0.39, 0.29) is 34.8 Å². The molecule has 1 aromatic heterocycles. The Morgan fingerprint density at radius 3 is 2.42 bits per heavy atom. The van der Waals surface area contributed by atoms with Crippen LogP contribution in [0.5, 0.6) is 0 Å². The Morgan fingerprint density at radius 1 is 1.09 bits per heavy atom. The van der Waals surface area contributed by atoms with E-state index >= 15 is 0 Å². The van der Waals surface area contributed by atoms with Gasteiger partial charge in [-0.3, -0.25) is 9.36 Å². The molecule has 2 atom stereocenters. The fraction of sp³-hybridized carbons (Fsp3) is 0.417. The predicted octanol–water partition coefficient (Wildman–Crippen LogP) is 2.92. The predicted molar refractivity (Wildman–Crippen MR) is 125 cm³/mol. The molecule has 0 spiro atoms.